The lowest BCUT2D eigenvalue weighted by molar-refractivity contribution is 0.0699. The third-order valence-electron chi connectivity index (χ3n) is 17.2. The molecular formula is C69H89NO2. The molecule has 0 aliphatic heterocycles. The van der Waals surface area contributed by atoms with Gasteiger partial charge in [0.15, 0.2) is 0 Å². The fraction of sp³-hybridized carbons (Fsp3) is 0.493. The zero-order valence-electron chi connectivity index (χ0n) is 45.1. The molecule has 0 fully saturated rings. The standard InChI is InChI=1S/C69H89NO2/c1-5-9-13-17-21-31-47-68(48-32-22-18-14-10-6-2)62-39-29-27-36-56(62)58-43-41-53(51-64(58)68)70(66-46-45-61(67(71)72)55-35-25-26-38-60(55)66)54-42-44-59-57-37-28-30-40-63(57)69(65(59)52-54,49-33-23-19-15-11-7-3)50-34-24-20-16-12-8-4/h25-30,35-46,51-52H,5-24,31-34,47-50H2,1-4H3,(H,71,72). The second-order valence-electron chi connectivity index (χ2n) is 22.1. The van der Waals surface area contributed by atoms with E-state index in [1.165, 1.54) is 199 Å². The Morgan fingerprint density at radius 1 is 0.375 bits per heavy atom. The summed E-state index contributed by atoms with van der Waals surface area (Å²) in [5.74, 6) is -0.891. The molecule has 0 amide bonds. The van der Waals surface area contributed by atoms with Crippen molar-refractivity contribution >= 4 is 33.8 Å². The van der Waals surface area contributed by atoms with Crippen molar-refractivity contribution in [2.24, 2.45) is 0 Å². The highest BCUT2D eigenvalue weighted by Gasteiger charge is 2.44. The lowest BCUT2D eigenvalue weighted by Gasteiger charge is -2.35. The number of anilines is 3. The number of unbranched alkanes of at least 4 members (excludes halogenated alkanes) is 20. The van der Waals surface area contributed by atoms with Gasteiger partial charge in [-0.25, -0.2) is 4.79 Å². The third kappa shape index (κ3) is 11.6. The first-order chi connectivity index (χ1) is 35.4. The summed E-state index contributed by atoms with van der Waals surface area (Å²) in [4.78, 5) is 15.4. The maximum atomic E-state index is 12.9. The fourth-order valence-corrected chi connectivity index (χ4v) is 13.4. The van der Waals surface area contributed by atoms with Crippen molar-refractivity contribution < 1.29 is 9.90 Å². The van der Waals surface area contributed by atoms with Crippen molar-refractivity contribution in [2.45, 2.75) is 218 Å². The van der Waals surface area contributed by atoms with Crippen LogP contribution >= 0.6 is 0 Å². The molecule has 0 spiro atoms. The highest BCUT2D eigenvalue weighted by atomic mass is 16.4. The summed E-state index contributed by atoms with van der Waals surface area (Å²) in [7, 11) is 0. The molecule has 0 unspecified atom stereocenters. The Morgan fingerprint density at radius 2 is 0.722 bits per heavy atom. The summed E-state index contributed by atoms with van der Waals surface area (Å²) in [6.07, 6.45) is 35.6. The molecule has 1 N–H and O–H groups in total. The van der Waals surface area contributed by atoms with Gasteiger partial charge in [-0.15, -0.1) is 0 Å². The van der Waals surface area contributed by atoms with E-state index in [1.807, 2.05) is 18.2 Å². The molecule has 6 aromatic carbocycles. The quantitative estimate of drug-likeness (QED) is 0.0428. The Balaban J connectivity index is 1.29. The Bertz CT molecular complexity index is 2510. The van der Waals surface area contributed by atoms with E-state index in [9.17, 15) is 9.90 Å². The summed E-state index contributed by atoms with van der Waals surface area (Å²) in [5.41, 5.74) is 15.1. The number of hydrogen-bond acceptors (Lipinski definition) is 2. The second-order valence-corrected chi connectivity index (χ2v) is 22.1. The zero-order valence-corrected chi connectivity index (χ0v) is 45.1. The number of carboxylic acid groups (broad SMARTS) is 1. The van der Waals surface area contributed by atoms with E-state index >= 15 is 0 Å². The van der Waals surface area contributed by atoms with E-state index in [-0.39, 0.29) is 10.8 Å². The van der Waals surface area contributed by atoms with Crippen molar-refractivity contribution in [3.63, 3.8) is 0 Å². The first-order valence-corrected chi connectivity index (χ1v) is 29.5. The number of rotatable bonds is 32. The lowest BCUT2D eigenvalue weighted by atomic mass is 9.70. The summed E-state index contributed by atoms with van der Waals surface area (Å²) in [6, 6.07) is 45.7. The molecule has 0 radical (unpaired) electrons. The predicted molar refractivity (Wildman–Crippen MR) is 310 cm³/mol. The fourth-order valence-electron chi connectivity index (χ4n) is 13.4. The normalized spacial score (nSPS) is 13.8. The molecule has 2 aliphatic rings. The van der Waals surface area contributed by atoms with Crippen LogP contribution in [0.1, 0.15) is 240 Å². The van der Waals surface area contributed by atoms with Crippen LogP contribution in [0.5, 0.6) is 0 Å². The van der Waals surface area contributed by atoms with Crippen molar-refractivity contribution in [3.05, 3.63) is 149 Å². The Kier molecular flexibility index (Phi) is 19.3. The molecule has 0 aromatic heterocycles. The summed E-state index contributed by atoms with van der Waals surface area (Å²) in [6.45, 7) is 9.27. The molecule has 8 rings (SSSR count). The van der Waals surface area contributed by atoms with Gasteiger partial charge in [0, 0.05) is 27.6 Å². The first-order valence-electron chi connectivity index (χ1n) is 29.5. The minimum absolute atomic E-state index is 0.0681. The molecule has 0 atom stereocenters. The van der Waals surface area contributed by atoms with Gasteiger partial charge < -0.3 is 10.0 Å². The van der Waals surface area contributed by atoms with Gasteiger partial charge in [0.25, 0.3) is 0 Å². The van der Waals surface area contributed by atoms with Crippen LogP contribution in [0.3, 0.4) is 0 Å². The van der Waals surface area contributed by atoms with E-state index in [4.69, 9.17) is 0 Å². The van der Waals surface area contributed by atoms with Gasteiger partial charge in [-0.3, -0.25) is 0 Å². The Labute approximate surface area is 436 Å². The van der Waals surface area contributed by atoms with Crippen LogP contribution < -0.4 is 4.90 Å². The highest BCUT2D eigenvalue weighted by molar-refractivity contribution is 6.09. The maximum Gasteiger partial charge on any atom is 0.336 e. The zero-order chi connectivity index (χ0) is 50.2. The summed E-state index contributed by atoms with van der Waals surface area (Å²) >= 11 is 0. The predicted octanol–water partition coefficient (Wildman–Crippen LogP) is 21.5. The van der Waals surface area contributed by atoms with Gasteiger partial charge in [0.05, 0.1) is 11.3 Å². The maximum absolute atomic E-state index is 12.9. The number of aromatic carboxylic acids is 1. The average Bonchev–Trinajstić information content (AvgIpc) is 3.83. The third-order valence-corrected chi connectivity index (χ3v) is 17.2. The van der Waals surface area contributed by atoms with E-state index in [2.05, 4.69) is 136 Å². The summed E-state index contributed by atoms with van der Waals surface area (Å²) in [5, 5.41) is 12.3. The van der Waals surface area contributed by atoms with Crippen LogP contribution in [-0.4, -0.2) is 11.1 Å². The van der Waals surface area contributed by atoms with Crippen LogP contribution in [0.25, 0.3) is 33.0 Å². The number of carboxylic acids is 1. The topological polar surface area (TPSA) is 40.5 Å². The minimum Gasteiger partial charge on any atom is -0.478 e. The molecule has 0 saturated carbocycles. The van der Waals surface area contributed by atoms with Crippen LogP contribution in [0.2, 0.25) is 0 Å². The van der Waals surface area contributed by atoms with Gasteiger partial charge in [0.2, 0.25) is 0 Å². The van der Waals surface area contributed by atoms with E-state index in [0.717, 1.165) is 53.5 Å². The molecule has 0 bridgehead atoms. The van der Waals surface area contributed by atoms with Gasteiger partial charge in [-0.05, 0) is 112 Å². The lowest BCUT2D eigenvalue weighted by Crippen LogP contribution is -2.26. The number of nitrogens with zero attached hydrogens (tertiary/aromatic N) is 1. The minimum atomic E-state index is -0.891. The van der Waals surface area contributed by atoms with Crippen LogP contribution in [0, 0.1) is 0 Å². The SMILES string of the molecule is CCCCCCCCC1(CCCCCCCC)c2ccccc2-c2ccc(N(c3ccc4c(c3)C(CCCCCCCC)(CCCCCCCC)c3ccccc3-4)c3ccc(C(=O)O)c4ccccc34)cc21. The molecule has 0 saturated heterocycles. The van der Waals surface area contributed by atoms with E-state index in [1.54, 1.807) is 0 Å². The highest BCUT2D eigenvalue weighted by Crippen LogP contribution is 2.58. The van der Waals surface area contributed by atoms with Gasteiger partial charge >= 0.3 is 5.97 Å². The summed E-state index contributed by atoms with van der Waals surface area (Å²) < 4.78 is 0. The van der Waals surface area contributed by atoms with Gasteiger partial charge in [-0.2, -0.15) is 0 Å². The number of carbonyl (C=O) groups is 1. The van der Waals surface area contributed by atoms with Crippen LogP contribution in [-0.2, 0) is 10.8 Å². The van der Waals surface area contributed by atoms with Crippen molar-refractivity contribution in [3.8, 4) is 22.3 Å². The largest absolute Gasteiger partial charge is 0.478 e. The Morgan fingerprint density at radius 3 is 1.12 bits per heavy atom. The molecule has 3 nitrogen and oxygen atoms in total. The average molecular weight is 964 g/mol. The molecule has 0 heterocycles. The van der Waals surface area contributed by atoms with Crippen molar-refractivity contribution in [2.75, 3.05) is 4.90 Å². The number of benzene rings is 6. The number of hydrogen-bond donors (Lipinski definition) is 1. The van der Waals surface area contributed by atoms with Gasteiger partial charge in [0.1, 0.15) is 0 Å². The molecule has 6 aromatic rings. The molecule has 382 valence electrons. The second kappa shape index (κ2) is 26.2. The smallest absolute Gasteiger partial charge is 0.336 e. The molecule has 2 aliphatic carbocycles. The molecular weight excluding hydrogens is 875 g/mol. The Hall–Kier alpha value is -5.15. The van der Waals surface area contributed by atoms with E-state index in [0.29, 0.717) is 5.56 Å². The van der Waals surface area contributed by atoms with Crippen LogP contribution in [0.4, 0.5) is 17.1 Å². The first kappa shape index (κ1) is 53.2. The van der Waals surface area contributed by atoms with Crippen LogP contribution in [0.15, 0.2) is 121 Å². The van der Waals surface area contributed by atoms with Crippen molar-refractivity contribution in [1.82, 2.24) is 0 Å². The molecule has 72 heavy (non-hydrogen) atoms. The number of fused-ring (bicyclic) bond motifs is 7. The molecule has 3 heteroatoms. The monoisotopic (exact) mass is 964 g/mol. The van der Waals surface area contributed by atoms with Gasteiger partial charge in [-0.1, -0.05) is 267 Å². The van der Waals surface area contributed by atoms with E-state index < -0.39 is 5.97 Å². The van der Waals surface area contributed by atoms with Crippen molar-refractivity contribution in [1.29, 1.82) is 0 Å².